The molecule has 1 unspecified atom stereocenters. The summed E-state index contributed by atoms with van der Waals surface area (Å²) < 4.78 is 10.2. The van der Waals surface area contributed by atoms with Gasteiger partial charge in [0.25, 0.3) is 0 Å². The Morgan fingerprint density at radius 3 is 2.56 bits per heavy atom. The van der Waals surface area contributed by atoms with Crippen molar-refractivity contribution in [3.63, 3.8) is 0 Å². The van der Waals surface area contributed by atoms with Crippen LogP contribution in [0.1, 0.15) is 34.3 Å². The van der Waals surface area contributed by atoms with Gasteiger partial charge < -0.3 is 9.47 Å². The summed E-state index contributed by atoms with van der Waals surface area (Å²) in [5.74, 6) is 0.0444. The molecule has 0 aliphatic carbocycles. The molecule has 1 aromatic carbocycles. The number of esters is 1. The second-order valence-electron chi connectivity index (χ2n) is 4.52. The molecule has 4 heteroatoms. The van der Waals surface area contributed by atoms with Gasteiger partial charge in [-0.25, -0.2) is 0 Å². The number of methoxy groups -OCH3 is 1. The van der Waals surface area contributed by atoms with Crippen molar-refractivity contribution in [2.75, 3.05) is 7.11 Å². The summed E-state index contributed by atoms with van der Waals surface area (Å²) in [6, 6.07) is 3.63. The van der Waals surface area contributed by atoms with Gasteiger partial charge in [-0.05, 0) is 37.1 Å². The highest BCUT2D eigenvalue weighted by Crippen LogP contribution is 2.27. The molecule has 0 bridgehead atoms. The molecule has 0 saturated carbocycles. The topological polar surface area (TPSA) is 52.6 Å². The molecule has 2 rings (SSSR count). The molecule has 0 aromatic heterocycles. The van der Waals surface area contributed by atoms with Gasteiger partial charge in [0.2, 0.25) is 5.78 Å². The molecule has 96 valence electrons. The van der Waals surface area contributed by atoms with E-state index >= 15 is 0 Å². The minimum absolute atomic E-state index is 0.180. The number of ketones is 1. The molecular formula is C14H16O4. The minimum Gasteiger partial charge on any atom is -0.496 e. The molecular weight excluding hydrogens is 232 g/mol. The van der Waals surface area contributed by atoms with Crippen LogP contribution in [0.4, 0.5) is 0 Å². The third-order valence-electron chi connectivity index (χ3n) is 3.26. The van der Waals surface area contributed by atoms with Crippen LogP contribution in [0.3, 0.4) is 0 Å². The van der Waals surface area contributed by atoms with Crippen molar-refractivity contribution < 1.29 is 19.1 Å². The maximum atomic E-state index is 12.3. The van der Waals surface area contributed by atoms with Gasteiger partial charge in [0.15, 0.2) is 6.10 Å². The fraction of sp³-hybridized carbons (Fsp3) is 0.429. The Balaban J connectivity index is 2.35. The summed E-state index contributed by atoms with van der Waals surface area (Å²) in [5, 5.41) is 0. The molecule has 1 atom stereocenters. The minimum atomic E-state index is -0.659. The van der Waals surface area contributed by atoms with E-state index in [0.29, 0.717) is 24.2 Å². The number of hydrogen-bond donors (Lipinski definition) is 0. The summed E-state index contributed by atoms with van der Waals surface area (Å²) in [5.41, 5.74) is 2.57. The van der Waals surface area contributed by atoms with Gasteiger partial charge in [-0.1, -0.05) is 0 Å². The highest BCUT2D eigenvalue weighted by atomic mass is 16.6. The molecule has 18 heavy (non-hydrogen) atoms. The molecule has 1 saturated heterocycles. The van der Waals surface area contributed by atoms with E-state index < -0.39 is 6.10 Å². The van der Waals surface area contributed by atoms with Gasteiger partial charge >= 0.3 is 5.97 Å². The number of cyclic esters (lactones) is 1. The molecule has 0 spiro atoms. The van der Waals surface area contributed by atoms with Crippen molar-refractivity contribution in [3.05, 3.63) is 28.8 Å². The fourth-order valence-corrected chi connectivity index (χ4v) is 2.03. The summed E-state index contributed by atoms with van der Waals surface area (Å²) >= 11 is 0. The van der Waals surface area contributed by atoms with Gasteiger partial charge in [0.05, 0.1) is 12.7 Å². The second kappa shape index (κ2) is 4.80. The first-order valence-corrected chi connectivity index (χ1v) is 5.92. The summed E-state index contributed by atoms with van der Waals surface area (Å²) in [6.07, 6.45) is 0.102. The predicted octanol–water partition coefficient (Wildman–Crippen LogP) is 2.20. The van der Waals surface area contributed by atoms with E-state index in [1.165, 1.54) is 7.11 Å². The fourth-order valence-electron chi connectivity index (χ4n) is 2.03. The van der Waals surface area contributed by atoms with E-state index in [4.69, 9.17) is 9.47 Å². The van der Waals surface area contributed by atoms with Crippen LogP contribution in [0.5, 0.6) is 5.75 Å². The molecule has 0 N–H and O–H groups in total. The van der Waals surface area contributed by atoms with Crippen molar-refractivity contribution in [2.45, 2.75) is 32.8 Å². The highest BCUT2D eigenvalue weighted by Gasteiger charge is 2.32. The maximum Gasteiger partial charge on any atom is 0.306 e. The number of Topliss-reactive ketones (excluding diaryl/α,β-unsaturated/α-hetero) is 1. The molecule has 4 nitrogen and oxygen atoms in total. The molecule has 1 fully saturated rings. The molecule has 1 aliphatic heterocycles. The van der Waals surface area contributed by atoms with Crippen molar-refractivity contribution in [1.82, 2.24) is 0 Å². The first kappa shape index (κ1) is 12.6. The SMILES string of the molecule is COc1cc(C)c(C)cc1C(=O)C1CCC(=O)O1. The van der Waals surface area contributed by atoms with Gasteiger partial charge in [0.1, 0.15) is 5.75 Å². The van der Waals surface area contributed by atoms with Crippen molar-refractivity contribution in [3.8, 4) is 5.75 Å². The Hall–Kier alpha value is -1.84. The molecule has 0 radical (unpaired) electrons. The van der Waals surface area contributed by atoms with Gasteiger partial charge in [-0.15, -0.1) is 0 Å². The number of hydrogen-bond acceptors (Lipinski definition) is 4. The summed E-state index contributed by atoms with van der Waals surface area (Å²) in [6.45, 7) is 3.90. The van der Waals surface area contributed by atoms with Crippen LogP contribution in [-0.2, 0) is 9.53 Å². The summed E-state index contributed by atoms with van der Waals surface area (Å²) in [4.78, 5) is 23.3. The Bertz CT molecular complexity index is 505. The van der Waals surface area contributed by atoms with Crippen molar-refractivity contribution in [2.24, 2.45) is 0 Å². The van der Waals surface area contributed by atoms with Crippen LogP contribution in [0.15, 0.2) is 12.1 Å². The zero-order valence-electron chi connectivity index (χ0n) is 10.8. The average Bonchev–Trinajstić information content (AvgIpc) is 2.78. The lowest BCUT2D eigenvalue weighted by atomic mass is 9.98. The molecule has 1 aromatic rings. The van der Waals surface area contributed by atoms with E-state index in [1.807, 2.05) is 19.9 Å². The Labute approximate surface area is 106 Å². The van der Waals surface area contributed by atoms with Crippen LogP contribution in [0.25, 0.3) is 0 Å². The lowest BCUT2D eigenvalue weighted by Gasteiger charge is -2.13. The number of ether oxygens (including phenoxy) is 2. The number of carbonyl (C=O) groups is 2. The third kappa shape index (κ3) is 2.23. The van der Waals surface area contributed by atoms with Crippen LogP contribution < -0.4 is 4.74 Å². The zero-order valence-corrected chi connectivity index (χ0v) is 10.8. The largest absolute Gasteiger partial charge is 0.496 e. The average molecular weight is 248 g/mol. The number of benzene rings is 1. The lowest BCUT2D eigenvalue weighted by Crippen LogP contribution is -2.21. The smallest absolute Gasteiger partial charge is 0.306 e. The third-order valence-corrected chi connectivity index (χ3v) is 3.26. The normalized spacial score (nSPS) is 18.6. The number of carbonyl (C=O) groups excluding carboxylic acids is 2. The molecule has 0 amide bonds. The van der Waals surface area contributed by atoms with Gasteiger partial charge in [-0.3, -0.25) is 9.59 Å². The monoisotopic (exact) mass is 248 g/mol. The van der Waals surface area contributed by atoms with E-state index in [0.717, 1.165) is 11.1 Å². The van der Waals surface area contributed by atoms with Crippen molar-refractivity contribution >= 4 is 11.8 Å². The Kier molecular flexibility index (Phi) is 3.36. The standard InChI is InChI=1S/C14H16O4/c1-8-6-10(12(17-3)7-9(8)2)14(16)11-4-5-13(15)18-11/h6-7,11H,4-5H2,1-3H3. The van der Waals surface area contributed by atoms with Gasteiger partial charge in [-0.2, -0.15) is 0 Å². The van der Waals surface area contributed by atoms with Gasteiger partial charge in [0, 0.05) is 12.8 Å². The zero-order chi connectivity index (χ0) is 13.3. The van der Waals surface area contributed by atoms with E-state index in [2.05, 4.69) is 0 Å². The lowest BCUT2D eigenvalue weighted by molar-refractivity contribution is -0.140. The molecule has 1 aliphatic rings. The predicted molar refractivity (Wildman–Crippen MR) is 65.9 cm³/mol. The van der Waals surface area contributed by atoms with E-state index in [-0.39, 0.29) is 11.8 Å². The Morgan fingerprint density at radius 1 is 1.33 bits per heavy atom. The number of rotatable bonds is 3. The molecule has 1 heterocycles. The quantitative estimate of drug-likeness (QED) is 0.608. The van der Waals surface area contributed by atoms with Crippen LogP contribution in [-0.4, -0.2) is 25.0 Å². The first-order chi connectivity index (χ1) is 8.52. The van der Waals surface area contributed by atoms with Crippen LogP contribution >= 0.6 is 0 Å². The maximum absolute atomic E-state index is 12.3. The summed E-state index contributed by atoms with van der Waals surface area (Å²) in [7, 11) is 1.53. The van der Waals surface area contributed by atoms with Crippen molar-refractivity contribution in [1.29, 1.82) is 0 Å². The highest BCUT2D eigenvalue weighted by molar-refractivity contribution is 6.03. The number of aryl methyl sites for hydroxylation is 2. The Morgan fingerprint density at radius 2 is 2.00 bits per heavy atom. The first-order valence-electron chi connectivity index (χ1n) is 5.92. The van der Waals surface area contributed by atoms with Crippen LogP contribution in [0, 0.1) is 13.8 Å². The van der Waals surface area contributed by atoms with E-state index in [1.54, 1.807) is 6.07 Å². The van der Waals surface area contributed by atoms with E-state index in [9.17, 15) is 9.59 Å². The van der Waals surface area contributed by atoms with Crippen LogP contribution in [0.2, 0.25) is 0 Å². The second-order valence-corrected chi connectivity index (χ2v) is 4.52.